The topological polar surface area (TPSA) is 75.3 Å². The van der Waals surface area contributed by atoms with Gasteiger partial charge in [0.05, 0.1) is 6.54 Å². The van der Waals surface area contributed by atoms with E-state index in [-0.39, 0.29) is 6.54 Å². The number of hydrogen-bond acceptors (Lipinski definition) is 4. The lowest BCUT2D eigenvalue weighted by molar-refractivity contribution is -0.135. The van der Waals surface area contributed by atoms with Gasteiger partial charge in [0.15, 0.2) is 0 Å². The van der Waals surface area contributed by atoms with Crippen LogP contribution in [0.5, 0.6) is 0 Å². The Bertz CT molecular complexity index is 341. The number of carboxylic acids is 1. The Morgan fingerprint density at radius 3 is 2.53 bits per heavy atom. The second kappa shape index (κ2) is 8.11. The first-order valence-corrected chi connectivity index (χ1v) is 6.66. The maximum Gasteiger partial charge on any atom is 0.317 e. The van der Waals surface area contributed by atoms with E-state index in [4.69, 9.17) is 10.8 Å². The Hall–Kier alpha value is -1.04. The van der Waals surface area contributed by atoms with E-state index in [0.29, 0.717) is 6.54 Å². The fourth-order valence-electron chi connectivity index (χ4n) is 1.30. The molecule has 0 aromatic heterocycles. The molecule has 1 rings (SSSR count). The second-order valence-corrected chi connectivity index (χ2v) is 4.75. The molecule has 0 aliphatic heterocycles. The van der Waals surface area contributed by atoms with Crippen LogP contribution in [0.25, 0.3) is 0 Å². The fourth-order valence-corrected chi connectivity index (χ4v) is 2.16. The molecule has 0 atom stereocenters. The van der Waals surface area contributed by atoms with Gasteiger partial charge in [-0.25, -0.2) is 0 Å². The quantitative estimate of drug-likeness (QED) is 0.605. The molecular weight excluding hydrogens is 236 g/mol. The van der Waals surface area contributed by atoms with Gasteiger partial charge in [0.2, 0.25) is 0 Å². The number of carbonyl (C=O) groups is 1. The van der Waals surface area contributed by atoms with E-state index in [1.807, 2.05) is 12.1 Å². The van der Waals surface area contributed by atoms with Crippen molar-refractivity contribution in [2.45, 2.75) is 12.3 Å². The summed E-state index contributed by atoms with van der Waals surface area (Å²) in [5.41, 5.74) is 7.93. The largest absolute Gasteiger partial charge is 0.480 e. The number of nitrogens with one attached hydrogen (secondary N) is 1. The number of thioether (sulfide) groups is 1. The lowest BCUT2D eigenvalue weighted by Gasteiger charge is -2.04. The summed E-state index contributed by atoms with van der Waals surface area (Å²) in [4.78, 5) is 10.2. The maximum absolute atomic E-state index is 10.2. The van der Waals surface area contributed by atoms with Gasteiger partial charge in [0.25, 0.3) is 0 Å². The van der Waals surface area contributed by atoms with Crippen molar-refractivity contribution < 1.29 is 9.90 Å². The molecule has 0 heterocycles. The van der Waals surface area contributed by atoms with Gasteiger partial charge >= 0.3 is 5.97 Å². The van der Waals surface area contributed by atoms with Crippen LogP contribution < -0.4 is 11.1 Å². The molecule has 4 N–H and O–H groups in total. The van der Waals surface area contributed by atoms with E-state index >= 15 is 0 Å². The van der Waals surface area contributed by atoms with Crippen molar-refractivity contribution in [2.75, 3.05) is 18.8 Å². The molecule has 0 bridgehead atoms. The van der Waals surface area contributed by atoms with E-state index in [1.165, 1.54) is 5.56 Å². The zero-order valence-electron chi connectivity index (χ0n) is 9.69. The summed E-state index contributed by atoms with van der Waals surface area (Å²) in [5.74, 6) is 1.04. The molecular formula is C12H18N2O2S. The van der Waals surface area contributed by atoms with Gasteiger partial charge in [-0.2, -0.15) is 11.8 Å². The highest BCUT2D eigenvalue weighted by Gasteiger charge is 1.96. The number of carboxylic acid groups (broad SMARTS) is 1. The van der Waals surface area contributed by atoms with Crippen LogP contribution in [0, 0.1) is 0 Å². The lowest BCUT2D eigenvalue weighted by atomic mass is 10.1. The van der Waals surface area contributed by atoms with Gasteiger partial charge in [0, 0.05) is 24.6 Å². The van der Waals surface area contributed by atoms with Crippen molar-refractivity contribution in [3.63, 3.8) is 0 Å². The molecule has 0 radical (unpaired) electrons. The average molecular weight is 254 g/mol. The standard InChI is InChI=1S/C12H18N2O2S/c13-7-10-1-3-11(4-2-10)9-17-6-5-14-8-12(15)16/h1-4,14H,5-9,13H2,(H,15,16). The first-order valence-electron chi connectivity index (χ1n) is 5.50. The van der Waals surface area contributed by atoms with Gasteiger partial charge in [-0.3, -0.25) is 4.79 Å². The predicted octanol–water partition coefficient (Wildman–Crippen LogP) is 1.05. The van der Waals surface area contributed by atoms with Crippen LogP contribution in [-0.4, -0.2) is 29.9 Å². The van der Waals surface area contributed by atoms with Gasteiger partial charge in [-0.15, -0.1) is 0 Å². The Balaban J connectivity index is 2.11. The van der Waals surface area contributed by atoms with Crippen molar-refractivity contribution >= 4 is 17.7 Å². The first-order chi connectivity index (χ1) is 8.22. The van der Waals surface area contributed by atoms with Crippen LogP contribution >= 0.6 is 11.8 Å². The van der Waals surface area contributed by atoms with Crippen molar-refractivity contribution in [1.82, 2.24) is 5.32 Å². The average Bonchev–Trinajstić information content (AvgIpc) is 2.34. The zero-order valence-corrected chi connectivity index (χ0v) is 10.5. The predicted molar refractivity (Wildman–Crippen MR) is 71.0 cm³/mol. The van der Waals surface area contributed by atoms with E-state index < -0.39 is 5.97 Å². The van der Waals surface area contributed by atoms with E-state index in [0.717, 1.165) is 23.6 Å². The molecule has 0 saturated heterocycles. The van der Waals surface area contributed by atoms with Crippen molar-refractivity contribution in [2.24, 2.45) is 5.73 Å². The van der Waals surface area contributed by atoms with Crippen LogP contribution in [0.1, 0.15) is 11.1 Å². The lowest BCUT2D eigenvalue weighted by Crippen LogP contribution is -2.24. The molecule has 94 valence electrons. The van der Waals surface area contributed by atoms with Crippen LogP contribution in [0.2, 0.25) is 0 Å². The van der Waals surface area contributed by atoms with Gasteiger partial charge < -0.3 is 16.2 Å². The van der Waals surface area contributed by atoms with E-state index in [9.17, 15) is 4.79 Å². The van der Waals surface area contributed by atoms with Crippen molar-refractivity contribution in [3.8, 4) is 0 Å². The maximum atomic E-state index is 10.2. The fraction of sp³-hybridized carbons (Fsp3) is 0.417. The van der Waals surface area contributed by atoms with Crippen molar-refractivity contribution in [3.05, 3.63) is 35.4 Å². The third-order valence-corrected chi connectivity index (χ3v) is 3.26. The molecule has 1 aromatic carbocycles. The zero-order chi connectivity index (χ0) is 12.5. The molecule has 0 fully saturated rings. The first kappa shape index (κ1) is 14.0. The van der Waals surface area contributed by atoms with E-state index in [2.05, 4.69) is 17.4 Å². The van der Waals surface area contributed by atoms with E-state index in [1.54, 1.807) is 11.8 Å². The Kier molecular flexibility index (Phi) is 6.69. The minimum atomic E-state index is -0.813. The van der Waals surface area contributed by atoms with Crippen molar-refractivity contribution in [1.29, 1.82) is 0 Å². The number of benzene rings is 1. The number of aliphatic carboxylic acids is 1. The third kappa shape index (κ3) is 6.31. The Labute approximate surface area is 106 Å². The summed E-state index contributed by atoms with van der Waals surface area (Å²) in [7, 11) is 0. The summed E-state index contributed by atoms with van der Waals surface area (Å²) in [6.07, 6.45) is 0. The monoisotopic (exact) mass is 254 g/mol. The SMILES string of the molecule is NCc1ccc(CSCCNCC(=O)O)cc1. The van der Waals surface area contributed by atoms with Crippen LogP contribution in [-0.2, 0) is 17.1 Å². The number of rotatable bonds is 8. The van der Waals surface area contributed by atoms with Crippen LogP contribution in [0.15, 0.2) is 24.3 Å². The molecule has 0 amide bonds. The Morgan fingerprint density at radius 1 is 1.29 bits per heavy atom. The molecule has 1 aromatic rings. The highest BCUT2D eigenvalue weighted by Crippen LogP contribution is 2.12. The molecule has 0 aliphatic carbocycles. The molecule has 0 saturated carbocycles. The third-order valence-electron chi connectivity index (χ3n) is 2.23. The molecule has 0 unspecified atom stereocenters. The minimum absolute atomic E-state index is 0.0335. The number of nitrogens with two attached hydrogens (primary N) is 1. The molecule has 0 aliphatic rings. The highest BCUT2D eigenvalue weighted by molar-refractivity contribution is 7.98. The van der Waals surface area contributed by atoms with Gasteiger partial charge in [0.1, 0.15) is 0 Å². The molecule has 0 spiro atoms. The van der Waals surface area contributed by atoms with Crippen LogP contribution in [0.3, 0.4) is 0 Å². The Morgan fingerprint density at radius 2 is 1.94 bits per heavy atom. The summed E-state index contributed by atoms with van der Waals surface area (Å²) < 4.78 is 0. The normalized spacial score (nSPS) is 10.4. The van der Waals surface area contributed by atoms with Gasteiger partial charge in [-0.1, -0.05) is 24.3 Å². The molecule has 17 heavy (non-hydrogen) atoms. The summed E-state index contributed by atoms with van der Waals surface area (Å²) in [5, 5.41) is 11.3. The summed E-state index contributed by atoms with van der Waals surface area (Å²) in [6.45, 7) is 1.33. The van der Waals surface area contributed by atoms with Gasteiger partial charge in [-0.05, 0) is 11.1 Å². The van der Waals surface area contributed by atoms with Crippen LogP contribution in [0.4, 0.5) is 0 Å². The second-order valence-electron chi connectivity index (χ2n) is 3.64. The highest BCUT2D eigenvalue weighted by atomic mass is 32.2. The number of hydrogen-bond donors (Lipinski definition) is 3. The smallest absolute Gasteiger partial charge is 0.317 e. The summed E-state index contributed by atoms with van der Waals surface area (Å²) in [6, 6.07) is 8.25. The molecule has 5 heteroatoms. The molecule has 4 nitrogen and oxygen atoms in total. The minimum Gasteiger partial charge on any atom is -0.480 e. The summed E-state index contributed by atoms with van der Waals surface area (Å²) >= 11 is 1.78.